The molecule has 9 heteroatoms. The van der Waals surface area contributed by atoms with E-state index in [2.05, 4.69) is 5.32 Å². The molecular weight excluding hydrogens is 410 g/mol. The first-order valence-electron chi connectivity index (χ1n) is 9.24. The second kappa shape index (κ2) is 9.43. The first-order valence-corrected chi connectivity index (χ1v) is 11.7. The highest BCUT2D eigenvalue weighted by molar-refractivity contribution is 8.00. The highest BCUT2D eigenvalue weighted by Crippen LogP contribution is 2.29. The van der Waals surface area contributed by atoms with E-state index in [4.69, 9.17) is 5.73 Å². The molecule has 0 aromatic heterocycles. The van der Waals surface area contributed by atoms with Gasteiger partial charge < -0.3 is 11.1 Å². The van der Waals surface area contributed by atoms with Gasteiger partial charge in [0.1, 0.15) is 0 Å². The summed E-state index contributed by atoms with van der Waals surface area (Å²) in [4.78, 5) is 24.8. The van der Waals surface area contributed by atoms with Gasteiger partial charge in [-0.05, 0) is 37.1 Å². The monoisotopic (exact) mass is 433 g/mol. The summed E-state index contributed by atoms with van der Waals surface area (Å²) in [6.07, 6.45) is 0.906. The molecule has 2 aromatic carbocycles. The smallest absolute Gasteiger partial charge is 0.243 e. The van der Waals surface area contributed by atoms with E-state index < -0.39 is 15.9 Å². The van der Waals surface area contributed by atoms with Crippen molar-refractivity contribution in [3.63, 3.8) is 0 Å². The van der Waals surface area contributed by atoms with Crippen LogP contribution in [0.4, 0.5) is 5.69 Å². The van der Waals surface area contributed by atoms with E-state index in [-0.39, 0.29) is 22.5 Å². The van der Waals surface area contributed by atoms with Gasteiger partial charge in [0.25, 0.3) is 0 Å². The molecule has 1 aliphatic rings. The van der Waals surface area contributed by atoms with Crippen LogP contribution in [-0.2, 0) is 19.6 Å². The number of nitrogens with one attached hydrogen (secondary N) is 1. The molecule has 0 saturated carbocycles. The number of primary amides is 1. The van der Waals surface area contributed by atoms with Gasteiger partial charge in [0, 0.05) is 23.9 Å². The largest absolute Gasteiger partial charge is 0.369 e. The van der Waals surface area contributed by atoms with E-state index in [1.807, 2.05) is 12.1 Å². The maximum atomic E-state index is 12.7. The fraction of sp³-hybridized carbons (Fsp3) is 0.300. The van der Waals surface area contributed by atoms with E-state index in [0.717, 1.165) is 4.90 Å². The Morgan fingerprint density at radius 2 is 1.66 bits per heavy atom. The van der Waals surface area contributed by atoms with Gasteiger partial charge in [0.05, 0.1) is 16.3 Å². The number of nitrogens with two attached hydrogens (primary N) is 1. The van der Waals surface area contributed by atoms with Gasteiger partial charge in [0.15, 0.2) is 0 Å². The van der Waals surface area contributed by atoms with Crippen LogP contribution in [0.1, 0.15) is 12.8 Å². The van der Waals surface area contributed by atoms with Crippen LogP contribution >= 0.6 is 11.8 Å². The standard InChI is InChI=1S/C20H23N3O4S2/c21-19(24)14-28-18-9-5-4-8-17(18)22-20(25)15-10-12-23(13-11-15)29(26,27)16-6-2-1-3-7-16/h1-9,15H,10-14H2,(H2,21,24)(H,22,25). The maximum Gasteiger partial charge on any atom is 0.243 e. The molecule has 29 heavy (non-hydrogen) atoms. The van der Waals surface area contributed by atoms with E-state index in [1.165, 1.54) is 16.1 Å². The molecule has 0 aliphatic carbocycles. The molecule has 1 aliphatic heterocycles. The van der Waals surface area contributed by atoms with Crippen molar-refractivity contribution in [2.45, 2.75) is 22.6 Å². The molecule has 0 atom stereocenters. The van der Waals surface area contributed by atoms with Crippen molar-refractivity contribution in [3.8, 4) is 0 Å². The van der Waals surface area contributed by atoms with Crippen molar-refractivity contribution in [1.29, 1.82) is 0 Å². The molecule has 0 radical (unpaired) electrons. The topological polar surface area (TPSA) is 110 Å². The number of amides is 2. The Hall–Kier alpha value is -2.36. The fourth-order valence-electron chi connectivity index (χ4n) is 3.18. The van der Waals surface area contributed by atoms with Gasteiger partial charge in [-0.3, -0.25) is 9.59 Å². The lowest BCUT2D eigenvalue weighted by atomic mass is 9.97. The predicted molar refractivity (Wildman–Crippen MR) is 113 cm³/mol. The molecule has 3 N–H and O–H groups in total. The molecule has 0 unspecified atom stereocenters. The van der Waals surface area contributed by atoms with Crippen LogP contribution < -0.4 is 11.1 Å². The number of benzene rings is 2. The van der Waals surface area contributed by atoms with Gasteiger partial charge in [-0.15, -0.1) is 11.8 Å². The molecule has 3 rings (SSSR count). The van der Waals surface area contributed by atoms with E-state index in [0.29, 0.717) is 31.6 Å². The zero-order valence-electron chi connectivity index (χ0n) is 15.8. The molecule has 2 aromatic rings. The lowest BCUT2D eigenvalue weighted by Crippen LogP contribution is -2.41. The highest BCUT2D eigenvalue weighted by Gasteiger charge is 2.32. The Bertz CT molecular complexity index is 972. The van der Waals surface area contributed by atoms with Crippen LogP contribution in [0.25, 0.3) is 0 Å². The van der Waals surface area contributed by atoms with Crippen LogP contribution in [0.3, 0.4) is 0 Å². The van der Waals surface area contributed by atoms with E-state index >= 15 is 0 Å². The van der Waals surface area contributed by atoms with E-state index in [1.54, 1.807) is 42.5 Å². The Morgan fingerprint density at radius 1 is 1.03 bits per heavy atom. The number of nitrogens with zero attached hydrogens (tertiary/aromatic N) is 1. The van der Waals surface area contributed by atoms with Crippen molar-refractivity contribution in [2.24, 2.45) is 11.7 Å². The fourth-order valence-corrected chi connectivity index (χ4v) is 5.42. The predicted octanol–water partition coefficient (Wildman–Crippen LogP) is 2.30. The zero-order valence-corrected chi connectivity index (χ0v) is 17.4. The SMILES string of the molecule is NC(=O)CSc1ccccc1NC(=O)C1CCN(S(=O)(=O)c2ccccc2)CC1. The number of hydrogen-bond donors (Lipinski definition) is 2. The molecule has 0 bridgehead atoms. The van der Waals surface area contributed by atoms with Crippen molar-refractivity contribution < 1.29 is 18.0 Å². The van der Waals surface area contributed by atoms with Crippen LogP contribution in [0, 0.1) is 5.92 Å². The molecule has 1 fully saturated rings. The first kappa shape index (κ1) is 21.4. The normalized spacial score (nSPS) is 15.7. The molecule has 0 spiro atoms. The first-order chi connectivity index (χ1) is 13.9. The van der Waals surface area contributed by atoms with Crippen molar-refractivity contribution >= 4 is 39.3 Å². The minimum Gasteiger partial charge on any atom is -0.369 e. The molecule has 1 heterocycles. The second-order valence-electron chi connectivity index (χ2n) is 6.73. The quantitative estimate of drug-likeness (QED) is 0.651. The third-order valence-corrected chi connectivity index (χ3v) is 7.73. The summed E-state index contributed by atoms with van der Waals surface area (Å²) in [6.45, 7) is 0.598. The van der Waals surface area contributed by atoms with Crippen molar-refractivity contribution in [3.05, 3.63) is 54.6 Å². The van der Waals surface area contributed by atoms with Gasteiger partial charge in [0.2, 0.25) is 21.8 Å². The van der Waals surface area contributed by atoms with Crippen molar-refractivity contribution in [1.82, 2.24) is 4.31 Å². The minimum atomic E-state index is -3.54. The molecular formula is C20H23N3O4S2. The van der Waals surface area contributed by atoms with Crippen LogP contribution in [0.5, 0.6) is 0 Å². The Labute approximate surface area is 174 Å². The summed E-state index contributed by atoms with van der Waals surface area (Å²) in [6, 6.07) is 15.5. The maximum absolute atomic E-state index is 12.7. The second-order valence-corrected chi connectivity index (χ2v) is 9.69. The Balaban J connectivity index is 1.61. The molecule has 1 saturated heterocycles. The number of thioether (sulfide) groups is 1. The molecule has 154 valence electrons. The average Bonchev–Trinajstić information content (AvgIpc) is 2.73. The Morgan fingerprint density at radius 3 is 2.31 bits per heavy atom. The van der Waals surface area contributed by atoms with E-state index in [9.17, 15) is 18.0 Å². The number of hydrogen-bond acceptors (Lipinski definition) is 5. The average molecular weight is 434 g/mol. The summed E-state index contributed by atoms with van der Waals surface area (Å²) in [5.74, 6) is -0.716. The number of carbonyl (C=O) groups excluding carboxylic acids is 2. The number of anilines is 1. The third kappa shape index (κ3) is 5.37. The number of piperidine rings is 1. The number of sulfonamides is 1. The number of carbonyl (C=O) groups is 2. The number of rotatable bonds is 7. The lowest BCUT2D eigenvalue weighted by Gasteiger charge is -2.30. The third-order valence-electron chi connectivity index (χ3n) is 4.72. The summed E-state index contributed by atoms with van der Waals surface area (Å²) in [5.41, 5.74) is 5.83. The van der Waals surface area contributed by atoms with Gasteiger partial charge in [-0.25, -0.2) is 8.42 Å². The summed E-state index contributed by atoms with van der Waals surface area (Å²) in [5, 5.41) is 2.91. The molecule has 2 amide bonds. The minimum absolute atomic E-state index is 0.128. The van der Waals surface area contributed by atoms with Gasteiger partial charge in [-0.2, -0.15) is 4.31 Å². The summed E-state index contributed by atoms with van der Waals surface area (Å²) < 4.78 is 26.9. The van der Waals surface area contributed by atoms with Crippen LogP contribution in [0.15, 0.2) is 64.4 Å². The molecule has 7 nitrogen and oxygen atoms in total. The van der Waals surface area contributed by atoms with Crippen LogP contribution in [-0.4, -0.2) is 43.4 Å². The number of para-hydroxylation sites is 1. The van der Waals surface area contributed by atoms with Gasteiger partial charge >= 0.3 is 0 Å². The van der Waals surface area contributed by atoms with Crippen molar-refractivity contribution in [2.75, 3.05) is 24.2 Å². The summed E-state index contributed by atoms with van der Waals surface area (Å²) >= 11 is 1.27. The Kier molecular flexibility index (Phi) is 6.94. The summed E-state index contributed by atoms with van der Waals surface area (Å²) in [7, 11) is -3.54. The lowest BCUT2D eigenvalue weighted by molar-refractivity contribution is -0.121. The zero-order chi connectivity index (χ0) is 20.9. The van der Waals surface area contributed by atoms with Crippen LogP contribution in [0.2, 0.25) is 0 Å². The van der Waals surface area contributed by atoms with Gasteiger partial charge in [-0.1, -0.05) is 30.3 Å². The highest BCUT2D eigenvalue weighted by atomic mass is 32.2.